The minimum Gasteiger partial charge on any atom is -0.358 e. The van der Waals surface area contributed by atoms with Crippen LogP contribution in [-0.2, 0) is 0 Å². The van der Waals surface area contributed by atoms with E-state index < -0.39 is 5.82 Å². The van der Waals surface area contributed by atoms with Crippen LogP contribution < -0.4 is 0 Å². The molecule has 0 unspecified atom stereocenters. The summed E-state index contributed by atoms with van der Waals surface area (Å²) in [5, 5.41) is 0. The van der Waals surface area contributed by atoms with Gasteiger partial charge in [-0.3, -0.25) is 4.98 Å². The van der Waals surface area contributed by atoms with E-state index in [4.69, 9.17) is 6.57 Å². The summed E-state index contributed by atoms with van der Waals surface area (Å²) < 4.78 is 13.3. The lowest BCUT2D eigenvalue weighted by Gasteiger charge is -2.01. The molecule has 2 heterocycles. The van der Waals surface area contributed by atoms with Crippen molar-refractivity contribution < 1.29 is 4.39 Å². The smallest absolute Gasteiger partial charge is 0.305 e. The molecule has 78 valence electrons. The number of rotatable bonds is 1. The van der Waals surface area contributed by atoms with Crippen LogP contribution in [0.1, 0.15) is 5.69 Å². The van der Waals surface area contributed by atoms with Crippen LogP contribution in [-0.4, -0.2) is 9.97 Å². The van der Waals surface area contributed by atoms with Crippen molar-refractivity contribution in [1.82, 2.24) is 9.97 Å². The zero-order valence-electron chi connectivity index (χ0n) is 8.61. The van der Waals surface area contributed by atoms with Gasteiger partial charge >= 0.3 is 5.82 Å². The van der Waals surface area contributed by atoms with Gasteiger partial charge in [0.15, 0.2) is 5.82 Å². The molecule has 0 aromatic carbocycles. The average molecular weight is 213 g/mol. The molecular formula is C12H8FN3. The minimum atomic E-state index is -0.595. The summed E-state index contributed by atoms with van der Waals surface area (Å²) in [4.78, 5) is 10.8. The molecular weight excluding hydrogens is 205 g/mol. The quantitative estimate of drug-likeness (QED) is 0.681. The summed E-state index contributed by atoms with van der Waals surface area (Å²) in [6, 6.07) is 4.93. The predicted molar refractivity (Wildman–Crippen MR) is 58.4 cm³/mol. The van der Waals surface area contributed by atoms with Crippen LogP contribution in [0.5, 0.6) is 0 Å². The standard InChI is InChI=1S/C12H8FN3/c1-8-5-9(3-4-15-8)10-6-11(13)12(14-2)16-7-10/h3-7H,1H3. The highest BCUT2D eigenvalue weighted by atomic mass is 19.1. The van der Waals surface area contributed by atoms with Crippen molar-refractivity contribution in [2.24, 2.45) is 0 Å². The van der Waals surface area contributed by atoms with Crippen molar-refractivity contribution in [2.75, 3.05) is 0 Å². The van der Waals surface area contributed by atoms with Crippen molar-refractivity contribution in [1.29, 1.82) is 0 Å². The molecule has 0 atom stereocenters. The first kappa shape index (κ1) is 10.2. The molecule has 0 aliphatic heterocycles. The lowest BCUT2D eigenvalue weighted by atomic mass is 10.1. The Morgan fingerprint density at radius 2 is 2.06 bits per heavy atom. The zero-order chi connectivity index (χ0) is 11.5. The van der Waals surface area contributed by atoms with Gasteiger partial charge in [-0.05, 0) is 30.7 Å². The highest BCUT2D eigenvalue weighted by molar-refractivity contribution is 5.64. The maximum atomic E-state index is 13.3. The van der Waals surface area contributed by atoms with Gasteiger partial charge in [0.05, 0.1) is 0 Å². The molecule has 0 aliphatic carbocycles. The first-order valence-corrected chi connectivity index (χ1v) is 4.67. The predicted octanol–water partition coefficient (Wildman–Crippen LogP) is 3.14. The van der Waals surface area contributed by atoms with Gasteiger partial charge in [0.2, 0.25) is 0 Å². The topological polar surface area (TPSA) is 30.1 Å². The van der Waals surface area contributed by atoms with E-state index in [-0.39, 0.29) is 5.82 Å². The van der Waals surface area contributed by atoms with E-state index >= 15 is 0 Å². The third-order valence-electron chi connectivity index (χ3n) is 2.16. The van der Waals surface area contributed by atoms with Crippen molar-refractivity contribution in [2.45, 2.75) is 6.92 Å². The van der Waals surface area contributed by atoms with Gasteiger partial charge in [0.25, 0.3) is 0 Å². The number of hydrogen-bond acceptors (Lipinski definition) is 2. The van der Waals surface area contributed by atoms with Crippen LogP contribution in [0.2, 0.25) is 0 Å². The van der Waals surface area contributed by atoms with Gasteiger partial charge < -0.3 is 4.85 Å². The molecule has 0 bridgehead atoms. The van der Waals surface area contributed by atoms with Gasteiger partial charge in [-0.15, -0.1) is 4.98 Å². The molecule has 0 aliphatic rings. The molecule has 3 nitrogen and oxygen atoms in total. The lowest BCUT2D eigenvalue weighted by molar-refractivity contribution is 0.629. The van der Waals surface area contributed by atoms with Crippen LogP contribution >= 0.6 is 0 Å². The SMILES string of the molecule is [C-]#[N+]c1ncc(-c2ccnc(C)c2)cc1F. The summed E-state index contributed by atoms with van der Waals surface area (Å²) in [6.45, 7) is 8.57. The molecule has 0 fully saturated rings. The molecule has 0 saturated heterocycles. The second-order valence-corrected chi connectivity index (χ2v) is 3.33. The second-order valence-electron chi connectivity index (χ2n) is 3.33. The Bertz CT molecular complexity index is 573. The Kier molecular flexibility index (Phi) is 2.61. The van der Waals surface area contributed by atoms with E-state index in [0.717, 1.165) is 11.3 Å². The van der Waals surface area contributed by atoms with Crippen molar-refractivity contribution in [3.05, 3.63) is 53.5 Å². The first-order chi connectivity index (χ1) is 7.70. The fraction of sp³-hybridized carbons (Fsp3) is 0.0833. The Hall–Kier alpha value is -2.28. The van der Waals surface area contributed by atoms with Crippen LogP contribution in [0.15, 0.2) is 30.6 Å². The molecule has 0 spiro atoms. The Morgan fingerprint density at radius 1 is 1.25 bits per heavy atom. The monoisotopic (exact) mass is 213 g/mol. The third-order valence-corrected chi connectivity index (χ3v) is 2.16. The van der Waals surface area contributed by atoms with E-state index in [1.165, 1.54) is 12.3 Å². The number of halogens is 1. The third kappa shape index (κ3) is 1.89. The van der Waals surface area contributed by atoms with E-state index in [0.29, 0.717) is 5.56 Å². The maximum Gasteiger partial charge on any atom is 0.305 e. The second kappa shape index (κ2) is 4.07. The average Bonchev–Trinajstić information content (AvgIpc) is 2.29. The van der Waals surface area contributed by atoms with Gasteiger partial charge in [0.1, 0.15) is 6.20 Å². The lowest BCUT2D eigenvalue weighted by Crippen LogP contribution is -1.86. The first-order valence-electron chi connectivity index (χ1n) is 4.67. The summed E-state index contributed by atoms with van der Waals surface area (Å²) in [7, 11) is 0. The molecule has 2 aromatic heterocycles. The van der Waals surface area contributed by atoms with Crippen LogP contribution in [0.4, 0.5) is 10.2 Å². The molecule has 2 aromatic rings. The Labute approximate surface area is 92.4 Å². The van der Waals surface area contributed by atoms with E-state index in [1.54, 1.807) is 12.3 Å². The fourth-order valence-corrected chi connectivity index (χ4v) is 1.40. The Morgan fingerprint density at radius 3 is 2.69 bits per heavy atom. The maximum absolute atomic E-state index is 13.3. The molecule has 0 N–H and O–H groups in total. The summed E-state index contributed by atoms with van der Waals surface area (Å²) in [5.74, 6) is -0.795. The number of aryl methyl sites for hydroxylation is 1. The number of pyridine rings is 2. The number of aromatic nitrogens is 2. The largest absolute Gasteiger partial charge is 0.358 e. The summed E-state index contributed by atoms with van der Waals surface area (Å²) in [5.41, 5.74) is 2.35. The van der Waals surface area contributed by atoms with Gasteiger partial charge in [0, 0.05) is 17.5 Å². The van der Waals surface area contributed by atoms with Crippen LogP contribution in [0, 0.1) is 19.3 Å². The molecule has 4 heteroatoms. The normalized spacial score (nSPS) is 9.81. The highest BCUT2D eigenvalue weighted by Crippen LogP contribution is 2.23. The molecule has 0 radical (unpaired) electrons. The molecule has 0 saturated carbocycles. The summed E-state index contributed by atoms with van der Waals surface area (Å²) >= 11 is 0. The number of nitrogens with zero attached hydrogens (tertiary/aromatic N) is 3. The fourth-order valence-electron chi connectivity index (χ4n) is 1.40. The van der Waals surface area contributed by atoms with Crippen LogP contribution in [0.25, 0.3) is 16.0 Å². The summed E-state index contributed by atoms with van der Waals surface area (Å²) in [6.07, 6.45) is 3.15. The van der Waals surface area contributed by atoms with Gasteiger partial charge in [-0.1, -0.05) is 6.57 Å². The molecule has 2 rings (SSSR count). The number of hydrogen-bond donors (Lipinski definition) is 0. The van der Waals surface area contributed by atoms with Crippen molar-refractivity contribution in [3.63, 3.8) is 0 Å². The van der Waals surface area contributed by atoms with Crippen molar-refractivity contribution >= 4 is 5.82 Å². The van der Waals surface area contributed by atoms with Gasteiger partial charge in [-0.2, -0.15) is 0 Å². The highest BCUT2D eigenvalue weighted by Gasteiger charge is 2.07. The Balaban J connectivity index is 2.50. The van der Waals surface area contributed by atoms with E-state index in [2.05, 4.69) is 14.8 Å². The van der Waals surface area contributed by atoms with E-state index in [9.17, 15) is 4.39 Å². The minimum absolute atomic E-state index is 0.200. The van der Waals surface area contributed by atoms with E-state index in [1.807, 2.05) is 13.0 Å². The molecule has 16 heavy (non-hydrogen) atoms. The van der Waals surface area contributed by atoms with Crippen molar-refractivity contribution in [3.8, 4) is 11.1 Å². The van der Waals surface area contributed by atoms with Crippen LogP contribution in [0.3, 0.4) is 0 Å². The van der Waals surface area contributed by atoms with Gasteiger partial charge in [-0.25, -0.2) is 4.39 Å². The molecule has 0 amide bonds. The zero-order valence-corrected chi connectivity index (χ0v) is 8.61.